The van der Waals surface area contributed by atoms with E-state index in [2.05, 4.69) is 10.3 Å². The summed E-state index contributed by atoms with van der Waals surface area (Å²) in [6.45, 7) is 1.77. The molecule has 0 spiro atoms. The summed E-state index contributed by atoms with van der Waals surface area (Å²) in [7, 11) is 0. The van der Waals surface area contributed by atoms with Crippen LogP contribution in [0.5, 0.6) is 0 Å². The Kier molecular flexibility index (Phi) is 6.08. The number of amides is 2. The van der Waals surface area contributed by atoms with Crippen molar-refractivity contribution in [2.75, 3.05) is 16.9 Å². The summed E-state index contributed by atoms with van der Waals surface area (Å²) in [5, 5.41) is 3.88. The smallest absolute Gasteiger partial charge is 0.267 e. The van der Waals surface area contributed by atoms with Crippen molar-refractivity contribution in [3.8, 4) is 10.6 Å². The van der Waals surface area contributed by atoms with Gasteiger partial charge in [0.15, 0.2) is 0 Å². The number of carbonyl (C=O) groups excluding carboxylic acids is 2. The zero-order valence-corrected chi connectivity index (χ0v) is 18.3. The molecule has 30 heavy (non-hydrogen) atoms. The van der Waals surface area contributed by atoms with E-state index >= 15 is 0 Å². The van der Waals surface area contributed by atoms with Gasteiger partial charge in [0.2, 0.25) is 5.91 Å². The van der Waals surface area contributed by atoms with Crippen LogP contribution in [-0.4, -0.2) is 39.4 Å². The Morgan fingerprint density at radius 1 is 1.23 bits per heavy atom. The molecule has 1 saturated heterocycles. The molecule has 5 nitrogen and oxygen atoms in total. The van der Waals surface area contributed by atoms with E-state index in [4.69, 9.17) is 11.6 Å². The highest BCUT2D eigenvalue weighted by Gasteiger charge is 2.36. The summed E-state index contributed by atoms with van der Waals surface area (Å²) >= 11 is 8.83. The fraction of sp³-hybridized carbons (Fsp3) is 0.190. The van der Waals surface area contributed by atoms with Crippen LogP contribution in [0, 0.1) is 12.7 Å². The second kappa shape index (κ2) is 8.75. The Morgan fingerprint density at radius 3 is 2.80 bits per heavy atom. The van der Waals surface area contributed by atoms with Gasteiger partial charge in [-0.2, -0.15) is 0 Å². The number of halogens is 2. The first-order chi connectivity index (χ1) is 14.4. The van der Waals surface area contributed by atoms with E-state index in [1.165, 1.54) is 40.1 Å². The average Bonchev–Trinajstić information content (AvgIpc) is 3.36. The predicted molar refractivity (Wildman–Crippen MR) is 120 cm³/mol. The van der Waals surface area contributed by atoms with E-state index in [1.54, 1.807) is 31.2 Å². The number of aryl methyl sites for hydroxylation is 1. The van der Waals surface area contributed by atoms with Gasteiger partial charge in [0.1, 0.15) is 21.7 Å². The average molecular weight is 462 g/mol. The van der Waals surface area contributed by atoms with Gasteiger partial charge in [-0.1, -0.05) is 35.9 Å². The highest BCUT2D eigenvalue weighted by atomic mass is 35.5. The highest BCUT2D eigenvalue weighted by molar-refractivity contribution is 7.99. The molecule has 3 aromatic rings. The van der Waals surface area contributed by atoms with E-state index in [0.29, 0.717) is 32.2 Å². The third-order valence-corrected chi connectivity index (χ3v) is 7.08. The third-order valence-electron chi connectivity index (χ3n) is 4.64. The Morgan fingerprint density at radius 2 is 2.03 bits per heavy atom. The lowest BCUT2D eigenvalue weighted by Crippen LogP contribution is -2.44. The van der Waals surface area contributed by atoms with Crippen molar-refractivity contribution in [1.82, 2.24) is 9.88 Å². The molecule has 0 radical (unpaired) electrons. The van der Waals surface area contributed by atoms with Gasteiger partial charge in [0, 0.05) is 16.3 Å². The van der Waals surface area contributed by atoms with Crippen LogP contribution in [0.1, 0.15) is 15.4 Å². The van der Waals surface area contributed by atoms with Gasteiger partial charge in [-0.3, -0.25) is 9.59 Å². The molecule has 1 atom stereocenters. The number of carbonyl (C=O) groups is 2. The van der Waals surface area contributed by atoms with Crippen LogP contribution in [0.3, 0.4) is 0 Å². The minimum absolute atomic E-state index is 0.101. The molecular weight excluding hydrogens is 445 g/mol. The van der Waals surface area contributed by atoms with Crippen LogP contribution in [0.25, 0.3) is 10.6 Å². The molecular formula is C21H17ClFN3O2S2. The second-order valence-electron chi connectivity index (χ2n) is 6.70. The first kappa shape index (κ1) is 20.8. The SMILES string of the molecule is Cc1nc(-c2cccc(Cl)c2)sc1C(=O)N1CSCC1C(=O)Nc1ccccc1F. The number of anilines is 1. The number of rotatable bonds is 4. The number of hydrogen-bond donors (Lipinski definition) is 1. The normalized spacial score (nSPS) is 16.0. The first-order valence-electron chi connectivity index (χ1n) is 9.11. The summed E-state index contributed by atoms with van der Waals surface area (Å²) in [6.07, 6.45) is 0. The molecule has 1 aliphatic heterocycles. The van der Waals surface area contributed by atoms with Crippen LogP contribution in [-0.2, 0) is 4.79 Å². The molecule has 4 rings (SSSR count). The Bertz CT molecular complexity index is 1120. The molecule has 2 aromatic carbocycles. The molecule has 1 N–H and O–H groups in total. The number of nitrogens with one attached hydrogen (secondary N) is 1. The largest absolute Gasteiger partial charge is 0.322 e. The summed E-state index contributed by atoms with van der Waals surface area (Å²) < 4.78 is 13.9. The van der Waals surface area contributed by atoms with Crippen molar-refractivity contribution < 1.29 is 14.0 Å². The highest BCUT2D eigenvalue weighted by Crippen LogP contribution is 2.32. The van der Waals surface area contributed by atoms with E-state index in [0.717, 1.165) is 5.56 Å². The molecule has 9 heteroatoms. The summed E-state index contributed by atoms with van der Waals surface area (Å²) in [5.41, 5.74) is 1.54. The quantitative estimate of drug-likeness (QED) is 0.589. The molecule has 0 saturated carbocycles. The lowest BCUT2D eigenvalue weighted by molar-refractivity contribution is -0.119. The van der Waals surface area contributed by atoms with E-state index < -0.39 is 17.8 Å². The summed E-state index contributed by atoms with van der Waals surface area (Å²) in [6, 6.07) is 12.6. The standard InChI is InChI=1S/C21H17ClFN3O2S2/c1-12-18(30-20(24-12)13-5-4-6-14(22)9-13)21(28)26-11-29-10-17(26)19(27)25-16-8-3-2-7-15(16)23/h2-9,17H,10-11H2,1H3,(H,25,27). The maximum atomic E-state index is 13.9. The molecule has 0 bridgehead atoms. The van der Waals surface area contributed by atoms with Crippen LogP contribution in [0.2, 0.25) is 5.02 Å². The number of benzene rings is 2. The van der Waals surface area contributed by atoms with Crippen LogP contribution in [0.15, 0.2) is 48.5 Å². The number of nitrogens with zero attached hydrogens (tertiary/aromatic N) is 2. The van der Waals surface area contributed by atoms with Gasteiger partial charge >= 0.3 is 0 Å². The topological polar surface area (TPSA) is 62.3 Å². The van der Waals surface area contributed by atoms with Crippen molar-refractivity contribution in [2.24, 2.45) is 0 Å². The number of para-hydroxylation sites is 1. The van der Waals surface area contributed by atoms with E-state index in [-0.39, 0.29) is 11.6 Å². The Hall–Kier alpha value is -2.42. The lowest BCUT2D eigenvalue weighted by Gasteiger charge is -2.22. The van der Waals surface area contributed by atoms with Gasteiger partial charge < -0.3 is 10.2 Å². The van der Waals surface area contributed by atoms with Crippen LogP contribution >= 0.6 is 34.7 Å². The minimum Gasteiger partial charge on any atom is -0.322 e. The van der Waals surface area contributed by atoms with Gasteiger partial charge in [0.05, 0.1) is 17.3 Å². The van der Waals surface area contributed by atoms with Gasteiger partial charge in [0.25, 0.3) is 5.91 Å². The number of hydrogen-bond acceptors (Lipinski definition) is 5. The number of thiazole rings is 1. The Labute approximate surface area is 186 Å². The molecule has 154 valence electrons. The first-order valence-corrected chi connectivity index (χ1v) is 11.5. The zero-order valence-electron chi connectivity index (χ0n) is 15.9. The van der Waals surface area contributed by atoms with E-state index in [9.17, 15) is 14.0 Å². The monoisotopic (exact) mass is 461 g/mol. The molecule has 0 aliphatic carbocycles. The zero-order chi connectivity index (χ0) is 21.3. The maximum absolute atomic E-state index is 13.9. The van der Waals surface area contributed by atoms with Crippen LogP contribution < -0.4 is 5.32 Å². The fourth-order valence-corrected chi connectivity index (χ4v) is 5.47. The summed E-state index contributed by atoms with van der Waals surface area (Å²) in [5.74, 6) is -0.338. The number of thioether (sulfide) groups is 1. The molecule has 1 unspecified atom stereocenters. The third kappa shape index (κ3) is 4.21. The Balaban J connectivity index is 1.55. The molecule has 2 heterocycles. The van der Waals surface area contributed by atoms with Crippen molar-refractivity contribution in [1.29, 1.82) is 0 Å². The molecule has 1 aromatic heterocycles. The lowest BCUT2D eigenvalue weighted by atomic mass is 10.2. The predicted octanol–water partition coefficient (Wildman–Crippen LogP) is 5.06. The van der Waals surface area contributed by atoms with Crippen LogP contribution in [0.4, 0.5) is 10.1 Å². The molecule has 1 aliphatic rings. The number of aromatic nitrogens is 1. The molecule has 2 amide bonds. The fourth-order valence-electron chi connectivity index (χ4n) is 3.11. The summed E-state index contributed by atoms with van der Waals surface area (Å²) in [4.78, 5) is 32.5. The van der Waals surface area contributed by atoms with Gasteiger partial charge in [-0.25, -0.2) is 9.37 Å². The van der Waals surface area contributed by atoms with Gasteiger partial charge in [-0.15, -0.1) is 23.1 Å². The van der Waals surface area contributed by atoms with Gasteiger partial charge in [-0.05, 0) is 31.2 Å². The van der Waals surface area contributed by atoms with Crippen molar-refractivity contribution >= 4 is 52.2 Å². The maximum Gasteiger partial charge on any atom is 0.267 e. The van der Waals surface area contributed by atoms with Crippen molar-refractivity contribution in [3.63, 3.8) is 0 Å². The van der Waals surface area contributed by atoms with E-state index in [1.807, 2.05) is 12.1 Å². The van der Waals surface area contributed by atoms with Crippen molar-refractivity contribution in [2.45, 2.75) is 13.0 Å². The second-order valence-corrected chi connectivity index (χ2v) is 9.14. The minimum atomic E-state index is -0.682. The van der Waals surface area contributed by atoms with Crippen molar-refractivity contribution in [3.05, 3.63) is 69.9 Å². The molecule has 1 fully saturated rings.